The predicted molar refractivity (Wildman–Crippen MR) is 53.5 cm³/mol. The van der Waals surface area contributed by atoms with Gasteiger partial charge in [-0.05, 0) is 17.7 Å². The van der Waals surface area contributed by atoms with E-state index in [0.717, 1.165) is 5.56 Å². The number of rotatable bonds is 3. The first kappa shape index (κ1) is 9.64. The number of hydrogen-bond acceptors (Lipinski definition) is 3. The van der Waals surface area contributed by atoms with Crippen LogP contribution < -0.4 is 0 Å². The van der Waals surface area contributed by atoms with Gasteiger partial charge in [-0.15, -0.1) is 4.91 Å². The summed E-state index contributed by atoms with van der Waals surface area (Å²) < 4.78 is 0. The highest BCUT2D eigenvalue weighted by Crippen LogP contribution is 2.26. The highest BCUT2D eigenvalue weighted by molar-refractivity contribution is 5.87. The molecule has 1 aliphatic heterocycles. The second-order valence-electron chi connectivity index (χ2n) is 3.58. The zero-order chi connectivity index (χ0) is 10.8. The van der Waals surface area contributed by atoms with Gasteiger partial charge in [0.1, 0.15) is 0 Å². The van der Waals surface area contributed by atoms with E-state index in [0.29, 0.717) is 19.0 Å². The Balaban J connectivity index is 2.05. The van der Waals surface area contributed by atoms with Crippen molar-refractivity contribution >= 4 is 5.97 Å². The van der Waals surface area contributed by atoms with Crippen LogP contribution in [0.5, 0.6) is 0 Å². The average Bonchev–Trinajstić information content (AvgIpc) is 2.17. The van der Waals surface area contributed by atoms with E-state index in [1.807, 2.05) is 0 Å². The van der Waals surface area contributed by atoms with Crippen LogP contribution in [0.3, 0.4) is 0 Å². The van der Waals surface area contributed by atoms with Crippen LogP contribution in [-0.2, 0) is 0 Å². The molecule has 0 unspecified atom stereocenters. The summed E-state index contributed by atoms with van der Waals surface area (Å²) in [6.45, 7) is 1.24. The number of carboxylic acid groups (broad SMARTS) is 1. The molecule has 0 radical (unpaired) electrons. The number of carbonyl (C=O) groups is 1. The average molecular weight is 206 g/mol. The van der Waals surface area contributed by atoms with Gasteiger partial charge < -0.3 is 5.11 Å². The smallest absolute Gasteiger partial charge is 0.335 e. The molecule has 0 aromatic heterocycles. The highest BCUT2D eigenvalue weighted by atomic mass is 16.4. The quantitative estimate of drug-likeness (QED) is 0.760. The van der Waals surface area contributed by atoms with Gasteiger partial charge in [0, 0.05) is 19.0 Å². The van der Waals surface area contributed by atoms with Crippen molar-refractivity contribution in [3.8, 4) is 0 Å². The lowest BCUT2D eigenvalue weighted by Gasteiger charge is -2.34. The molecule has 1 aromatic rings. The molecule has 1 N–H and O–H groups in total. The number of nitroso groups, excluding NO2 is 1. The normalized spacial score (nSPS) is 15.9. The van der Waals surface area contributed by atoms with Gasteiger partial charge in [0.2, 0.25) is 0 Å². The fourth-order valence-corrected chi connectivity index (χ4v) is 1.63. The number of hydrogen-bond donors (Lipinski definition) is 1. The molecule has 78 valence electrons. The van der Waals surface area contributed by atoms with Crippen LogP contribution in [0.1, 0.15) is 21.8 Å². The first-order valence-electron chi connectivity index (χ1n) is 4.62. The lowest BCUT2D eigenvalue weighted by molar-refractivity contribution is 0.0697. The first-order valence-corrected chi connectivity index (χ1v) is 4.62. The molecule has 1 fully saturated rings. The predicted octanol–water partition coefficient (Wildman–Crippen LogP) is 1.47. The van der Waals surface area contributed by atoms with Crippen molar-refractivity contribution in [1.82, 2.24) is 5.01 Å². The van der Waals surface area contributed by atoms with Crippen LogP contribution in [0.15, 0.2) is 29.6 Å². The Morgan fingerprint density at radius 1 is 1.33 bits per heavy atom. The molecule has 1 saturated heterocycles. The molecule has 1 aromatic carbocycles. The first-order chi connectivity index (χ1) is 7.20. The van der Waals surface area contributed by atoms with Crippen molar-refractivity contribution < 1.29 is 9.90 Å². The zero-order valence-electron chi connectivity index (χ0n) is 7.96. The van der Waals surface area contributed by atoms with E-state index in [1.165, 1.54) is 5.01 Å². The maximum Gasteiger partial charge on any atom is 0.335 e. The third-order valence-corrected chi connectivity index (χ3v) is 2.61. The van der Waals surface area contributed by atoms with Crippen LogP contribution in [0.2, 0.25) is 0 Å². The summed E-state index contributed by atoms with van der Waals surface area (Å²) in [4.78, 5) is 20.7. The summed E-state index contributed by atoms with van der Waals surface area (Å²) in [5.74, 6) is -0.628. The van der Waals surface area contributed by atoms with Crippen molar-refractivity contribution in [3.63, 3.8) is 0 Å². The molecular formula is C10H10N2O3. The second kappa shape index (κ2) is 3.68. The van der Waals surface area contributed by atoms with E-state index < -0.39 is 5.97 Å². The Labute approximate surface area is 86.3 Å². The SMILES string of the molecule is O=NN1CC(c2ccc(C(=O)O)cc2)C1. The fourth-order valence-electron chi connectivity index (χ4n) is 1.63. The van der Waals surface area contributed by atoms with E-state index in [-0.39, 0.29) is 5.56 Å². The molecule has 15 heavy (non-hydrogen) atoms. The maximum absolute atomic E-state index is 10.6. The van der Waals surface area contributed by atoms with Crippen molar-refractivity contribution in [3.05, 3.63) is 40.3 Å². The van der Waals surface area contributed by atoms with Gasteiger partial charge >= 0.3 is 5.97 Å². The van der Waals surface area contributed by atoms with Crippen LogP contribution in [-0.4, -0.2) is 29.2 Å². The topological polar surface area (TPSA) is 70.0 Å². The molecule has 0 aliphatic carbocycles. The summed E-state index contributed by atoms with van der Waals surface area (Å²) in [7, 11) is 0. The van der Waals surface area contributed by atoms with Gasteiger partial charge in [0.05, 0.1) is 10.8 Å². The lowest BCUT2D eigenvalue weighted by atomic mass is 9.92. The molecule has 5 nitrogen and oxygen atoms in total. The Bertz CT molecular complexity index is 382. The summed E-state index contributed by atoms with van der Waals surface area (Å²) in [5, 5.41) is 12.9. The molecule has 0 amide bonds. The Kier molecular flexibility index (Phi) is 2.37. The van der Waals surface area contributed by atoms with E-state index in [2.05, 4.69) is 5.29 Å². The molecule has 0 atom stereocenters. The van der Waals surface area contributed by atoms with Crippen LogP contribution in [0.4, 0.5) is 0 Å². The molecule has 0 bridgehead atoms. The minimum absolute atomic E-state index is 0.281. The highest BCUT2D eigenvalue weighted by Gasteiger charge is 2.27. The summed E-state index contributed by atoms with van der Waals surface area (Å²) >= 11 is 0. The van der Waals surface area contributed by atoms with E-state index in [4.69, 9.17) is 5.11 Å². The number of carboxylic acids is 1. The summed E-state index contributed by atoms with van der Waals surface area (Å²) in [6.07, 6.45) is 0. The second-order valence-corrected chi connectivity index (χ2v) is 3.58. The maximum atomic E-state index is 10.6. The Morgan fingerprint density at radius 3 is 2.40 bits per heavy atom. The third kappa shape index (κ3) is 1.81. The van der Waals surface area contributed by atoms with Gasteiger partial charge in [-0.1, -0.05) is 12.1 Å². The van der Waals surface area contributed by atoms with Gasteiger partial charge in [0.25, 0.3) is 0 Å². The van der Waals surface area contributed by atoms with Crippen molar-refractivity contribution in [2.75, 3.05) is 13.1 Å². The Morgan fingerprint density at radius 2 is 1.93 bits per heavy atom. The molecule has 2 rings (SSSR count). The summed E-state index contributed by atoms with van der Waals surface area (Å²) in [6, 6.07) is 6.73. The minimum atomic E-state index is -0.925. The lowest BCUT2D eigenvalue weighted by Crippen LogP contribution is -2.40. The molecule has 1 aliphatic rings. The summed E-state index contributed by atoms with van der Waals surface area (Å²) in [5.41, 5.74) is 1.34. The molecule has 0 spiro atoms. The van der Waals surface area contributed by atoms with Crippen molar-refractivity contribution in [2.45, 2.75) is 5.92 Å². The van der Waals surface area contributed by atoms with Crippen LogP contribution in [0, 0.1) is 4.91 Å². The van der Waals surface area contributed by atoms with Gasteiger partial charge in [-0.2, -0.15) is 0 Å². The fraction of sp³-hybridized carbons (Fsp3) is 0.300. The van der Waals surface area contributed by atoms with Crippen LogP contribution >= 0.6 is 0 Å². The van der Waals surface area contributed by atoms with Crippen molar-refractivity contribution in [1.29, 1.82) is 0 Å². The largest absolute Gasteiger partial charge is 0.478 e. The minimum Gasteiger partial charge on any atom is -0.478 e. The zero-order valence-corrected chi connectivity index (χ0v) is 7.96. The molecule has 5 heteroatoms. The standard InChI is InChI=1S/C10H10N2O3/c13-10(14)8-3-1-7(2-4-8)9-5-12(6-9)11-15/h1-4,9H,5-6H2,(H,13,14). The van der Waals surface area contributed by atoms with E-state index in [1.54, 1.807) is 24.3 Å². The number of nitrogens with zero attached hydrogens (tertiary/aromatic N) is 2. The monoisotopic (exact) mass is 206 g/mol. The van der Waals surface area contributed by atoms with E-state index in [9.17, 15) is 9.70 Å². The molecule has 0 saturated carbocycles. The third-order valence-electron chi connectivity index (χ3n) is 2.61. The van der Waals surface area contributed by atoms with Gasteiger partial charge in [-0.3, -0.25) is 5.01 Å². The number of aromatic carboxylic acids is 1. The van der Waals surface area contributed by atoms with Gasteiger partial charge in [-0.25, -0.2) is 4.79 Å². The molecule has 1 heterocycles. The van der Waals surface area contributed by atoms with E-state index >= 15 is 0 Å². The van der Waals surface area contributed by atoms with Gasteiger partial charge in [0.15, 0.2) is 0 Å². The van der Waals surface area contributed by atoms with Crippen molar-refractivity contribution in [2.24, 2.45) is 5.29 Å². The molecular weight excluding hydrogens is 196 g/mol. The number of benzene rings is 1. The Hall–Kier alpha value is -1.91. The van der Waals surface area contributed by atoms with Crippen LogP contribution in [0.25, 0.3) is 0 Å².